The van der Waals surface area contributed by atoms with Crippen LogP contribution in [-0.2, 0) is 0 Å². The van der Waals surface area contributed by atoms with Crippen LogP contribution in [0.25, 0.3) is 0 Å². The van der Waals surface area contributed by atoms with E-state index in [4.69, 9.17) is 33.0 Å². The van der Waals surface area contributed by atoms with Crippen LogP contribution >= 0.6 is 35.6 Å². The number of furan rings is 1. The summed E-state index contributed by atoms with van der Waals surface area (Å²) >= 11 is 13.4. The third kappa shape index (κ3) is 5.27. The molecule has 1 aliphatic rings. The van der Waals surface area contributed by atoms with Crippen molar-refractivity contribution in [1.29, 1.82) is 0 Å². The zero-order valence-electron chi connectivity index (χ0n) is 20.0. The van der Waals surface area contributed by atoms with Gasteiger partial charge in [-0.3, -0.25) is 4.98 Å². The summed E-state index contributed by atoms with van der Waals surface area (Å²) in [6, 6.07) is 34.8. The quantitative estimate of drug-likeness (QED) is 0.202. The van der Waals surface area contributed by atoms with Crippen LogP contribution in [0, 0.1) is 0 Å². The summed E-state index contributed by atoms with van der Waals surface area (Å²) in [4.78, 5) is 7.74. The first-order valence-corrected chi connectivity index (χ1v) is 13.6. The van der Waals surface area contributed by atoms with Crippen molar-refractivity contribution in [3.63, 3.8) is 0 Å². The largest absolute Gasteiger partial charge is 0.457 e. The van der Waals surface area contributed by atoms with Crippen LogP contribution in [-0.4, -0.2) is 10.1 Å². The summed E-state index contributed by atoms with van der Waals surface area (Å²) in [7, 11) is 0. The van der Waals surface area contributed by atoms with Crippen LogP contribution < -0.4 is 15.0 Å². The predicted octanol–water partition coefficient (Wildman–Crippen LogP) is 8.45. The Morgan fingerprint density at radius 1 is 0.842 bits per heavy atom. The molecule has 0 spiro atoms. The molecule has 0 amide bonds. The monoisotopic (exact) mass is 555 g/mol. The van der Waals surface area contributed by atoms with Gasteiger partial charge in [0.2, 0.25) is 0 Å². The second-order valence-electron chi connectivity index (χ2n) is 8.62. The molecule has 8 heteroatoms. The van der Waals surface area contributed by atoms with Crippen LogP contribution in [0.4, 0.5) is 5.69 Å². The number of hydrogen-bond donors (Lipinski definition) is 1. The predicted molar refractivity (Wildman–Crippen MR) is 155 cm³/mol. The van der Waals surface area contributed by atoms with Crippen molar-refractivity contribution in [3.8, 4) is 11.5 Å². The second-order valence-corrected chi connectivity index (χ2v) is 10.5. The summed E-state index contributed by atoms with van der Waals surface area (Å²) < 4.78 is 12.4. The van der Waals surface area contributed by atoms with Gasteiger partial charge in [-0.2, -0.15) is 0 Å². The first-order chi connectivity index (χ1) is 18.6. The third-order valence-corrected chi connectivity index (χ3v) is 7.61. The van der Waals surface area contributed by atoms with Crippen molar-refractivity contribution in [1.82, 2.24) is 10.3 Å². The number of benzene rings is 3. The van der Waals surface area contributed by atoms with E-state index in [1.54, 1.807) is 18.0 Å². The van der Waals surface area contributed by atoms with Gasteiger partial charge in [0.25, 0.3) is 0 Å². The lowest BCUT2D eigenvalue weighted by molar-refractivity contribution is 0.383. The topological polar surface area (TPSA) is 50.5 Å². The Morgan fingerprint density at radius 3 is 2.32 bits per heavy atom. The van der Waals surface area contributed by atoms with Gasteiger partial charge in [-0.05, 0) is 97.1 Å². The van der Waals surface area contributed by atoms with Crippen molar-refractivity contribution in [2.24, 2.45) is 0 Å². The number of hydrogen-bond acceptors (Lipinski definition) is 5. The molecule has 2 atom stereocenters. The molecular weight excluding hydrogens is 534 g/mol. The number of halogens is 1. The summed E-state index contributed by atoms with van der Waals surface area (Å²) in [6.07, 6.45) is 1.79. The average molecular weight is 556 g/mol. The van der Waals surface area contributed by atoms with E-state index in [0.29, 0.717) is 10.1 Å². The maximum Gasteiger partial charge on any atom is 0.174 e. The van der Waals surface area contributed by atoms with Gasteiger partial charge in [0, 0.05) is 21.8 Å². The van der Waals surface area contributed by atoms with Crippen molar-refractivity contribution >= 4 is 46.4 Å². The summed E-state index contributed by atoms with van der Waals surface area (Å²) in [5, 5.41) is 5.56. The Kier molecular flexibility index (Phi) is 7.05. The molecule has 5 nitrogen and oxygen atoms in total. The molecule has 3 heterocycles. The standard InChI is InChI=1S/C30H22ClN3O2S2/c31-20-9-15-24(16-10-20)38-27-18-17-26(36-27)29-28(25-8-4-5-19-32-25)33-30(37)34(29)21-11-13-23(14-12-21)35-22-6-2-1-3-7-22/h1-19,28-29H,(H,33,37)/t28-,29+/m0/s1. The minimum Gasteiger partial charge on any atom is -0.457 e. The molecule has 5 aromatic rings. The molecule has 188 valence electrons. The van der Waals surface area contributed by atoms with Gasteiger partial charge in [-0.25, -0.2) is 0 Å². The van der Waals surface area contributed by atoms with Crippen LogP contribution in [0.1, 0.15) is 23.5 Å². The molecular formula is C30H22ClN3O2S2. The SMILES string of the molecule is S=C1N[C@@H](c2ccccn2)[C@@H](c2ccc(Sc3ccc(Cl)cc3)o2)N1c1ccc(Oc2ccccc2)cc1. The Bertz CT molecular complexity index is 1530. The minimum atomic E-state index is -0.238. The second kappa shape index (κ2) is 10.9. The first-order valence-electron chi connectivity index (χ1n) is 12.0. The highest BCUT2D eigenvalue weighted by atomic mass is 35.5. The molecule has 38 heavy (non-hydrogen) atoms. The molecule has 0 unspecified atom stereocenters. The van der Waals surface area contributed by atoms with Gasteiger partial charge in [0.15, 0.2) is 10.2 Å². The molecule has 0 bridgehead atoms. The van der Waals surface area contributed by atoms with E-state index < -0.39 is 0 Å². The number of aromatic nitrogens is 1. The van der Waals surface area contributed by atoms with Gasteiger partial charge in [0.1, 0.15) is 23.3 Å². The lowest BCUT2D eigenvalue weighted by atomic mass is 10.0. The molecule has 1 N–H and O–H groups in total. The van der Waals surface area contributed by atoms with Crippen molar-refractivity contribution in [2.45, 2.75) is 22.1 Å². The van der Waals surface area contributed by atoms with Crippen LogP contribution in [0.15, 0.2) is 130 Å². The molecule has 3 aromatic carbocycles. The van der Waals surface area contributed by atoms with Gasteiger partial charge in [-0.1, -0.05) is 47.6 Å². The molecule has 0 saturated carbocycles. The summed E-state index contributed by atoms with van der Waals surface area (Å²) in [5.41, 5.74) is 1.81. The highest BCUT2D eigenvalue weighted by Gasteiger charge is 2.42. The number of rotatable bonds is 7. The van der Waals surface area contributed by atoms with Crippen molar-refractivity contribution < 1.29 is 9.15 Å². The first kappa shape index (κ1) is 24.6. The van der Waals surface area contributed by atoms with Crippen LogP contribution in [0.5, 0.6) is 11.5 Å². The maximum atomic E-state index is 6.39. The third-order valence-electron chi connectivity index (χ3n) is 6.12. The average Bonchev–Trinajstić information content (AvgIpc) is 3.55. The minimum absolute atomic E-state index is 0.191. The highest BCUT2D eigenvalue weighted by Crippen LogP contribution is 2.43. The number of anilines is 1. The number of nitrogens with one attached hydrogen (secondary N) is 1. The molecule has 0 aliphatic carbocycles. The zero-order valence-corrected chi connectivity index (χ0v) is 22.4. The van der Waals surface area contributed by atoms with Gasteiger partial charge in [-0.15, -0.1) is 0 Å². The van der Waals surface area contributed by atoms with Crippen molar-refractivity contribution in [3.05, 3.63) is 132 Å². The van der Waals surface area contributed by atoms with E-state index in [1.165, 1.54) is 0 Å². The Balaban J connectivity index is 1.31. The molecule has 1 fully saturated rings. The fourth-order valence-electron chi connectivity index (χ4n) is 4.39. The van der Waals surface area contributed by atoms with E-state index in [2.05, 4.69) is 15.2 Å². The number of ether oxygens (including phenoxy) is 1. The fraction of sp³-hybridized carbons (Fsp3) is 0.0667. The van der Waals surface area contributed by atoms with Gasteiger partial charge in [0.05, 0.1) is 11.7 Å². The Hall–Kier alpha value is -3.78. The lowest BCUT2D eigenvalue weighted by Crippen LogP contribution is -2.29. The Morgan fingerprint density at radius 2 is 1.58 bits per heavy atom. The van der Waals surface area contributed by atoms with E-state index in [1.807, 2.05) is 109 Å². The molecule has 1 aliphatic heterocycles. The normalized spacial score (nSPS) is 16.9. The number of para-hydroxylation sites is 1. The van der Waals surface area contributed by atoms with E-state index in [0.717, 1.165) is 38.6 Å². The molecule has 0 radical (unpaired) electrons. The summed E-state index contributed by atoms with van der Waals surface area (Å²) in [6.45, 7) is 0. The summed E-state index contributed by atoms with van der Waals surface area (Å²) in [5.74, 6) is 2.32. The lowest BCUT2D eigenvalue weighted by Gasteiger charge is -2.26. The molecule has 6 rings (SSSR count). The smallest absolute Gasteiger partial charge is 0.174 e. The number of thiocarbonyl (C=S) groups is 1. The molecule has 2 aromatic heterocycles. The van der Waals surface area contributed by atoms with E-state index in [9.17, 15) is 0 Å². The zero-order chi connectivity index (χ0) is 25.9. The highest BCUT2D eigenvalue weighted by molar-refractivity contribution is 7.99. The maximum absolute atomic E-state index is 6.39. The van der Waals surface area contributed by atoms with Crippen LogP contribution in [0.3, 0.4) is 0 Å². The fourth-order valence-corrected chi connectivity index (χ4v) is 5.64. The van der Waals surface area contributed by atoms with Crippen molar-refractivity contribution in [2.75, 3.05) is 4.90 Å². The van der Waals surface area contributed by atoms with E-state index >= 15 is 0 Å². The number of nitrogens with zero attached hydrogens (tertiary/aromatic N) is 2. The molecule has 1 saturated heterocycles. The Labute approximate surface area is 235 Å². The van der Waals surface area contributed by atoms with Gasteiger partial charge >= 0.3 is 0 Å². The van der Waals surface area contributed by atoms with E-state index in [-0.39, 0.29) is 12.1 Å². The number of pyridine rings is 1. The van der Waals surface area contributed by atoms with Crippen LogP contribution in [0.2, 0.25) is 5.02 Å². The van der Waals surface area contributed by atoms with Gasteiger partial charge < -0.3 is 19.4 Å².